The molecule has 0 saturated carbocycles. The number of rotatable bonds is 11. The summed E-state index contributed by atoms with van der Waals surface area (Å²) in [7, 11) is 3.23. The second-order valence-electron chi connectivity index (χ2n) is 11.4. The lowest BCUT2D eigenvalue weighted by Crippen LogP contribution is -2.43. The lowest BCUT2D eigenvalue weighted by Gasteiger charge is -2.34. The number of carbonyl (C=O) groups excluding carboxylic acids is 1. The van der Waals surface area contributed by atoms with Crippen molar-refractivity contribution in [3.05, 3.63) is 59.3 Å². The molecular weight excluding hydrogens is 575 g/mol. The zero-order chi connectivity index (χ0) is 31.5. The van der Waals surface area contributed by atoms with Crippen LogP contribution in [0.3, 0.4) is 0 Å². The lowest BCUT2D eigenvalue weighted by atomic mass is 9.83. The van der Waals surface area contributed by atoms with E-state index >= 15 is 0 Å². The van der Waals surface area contributed by atoms with Crippen molar-refractivity contribution in [2.45, 2.75) is 50.9 Å². The molecule has 5 rings (SSSR count). The summed E-state index contributed by atoms with van der Waals surface area (Å²) in [6, 6.07) is 11.4. The molecule has 44 heavy (non-hydrogen) atoms. The minimum Gasteiger partial charge on any atom is -0.494 e. The van der Waals surface area contributed by atoms with Crippen LogP contribution in [0, 0.1) is 0 Å². The first kappa shape index (κ1) is 31.3. The number of halogens is 3. The summed E-state index contributed by atoms with van der Waals surface area (Å²) in [6.45, 7) is 6.86. The summed E-state index contributed by atoms with van der Waals surface area (Å²) in [6.07, 6.45) is -1.93. The third kappa shape index (κ3) is 6.68. The molecule has 2 aliphatic heterocycles. The highest BCUT2D eigenvalue weighted by Gasteiger charge is 2.40. The zero-order valence-corrected chi connectivity index (χ0v) is 25.3. The Morgan fingerprint density at radius 3 is 2.61 bits per heavy atom. The monoisotopic (exact) mass is 613 g/mol. The Morgan fingerprint density at radius 2 is 1.91 bits per heavy atom. The molecule has 3 heterocycles. The predicted molar refractivity (Wildman–Crippen MR) is 164 cm³/mol. The van der Waals surface area contributed by atoms with Gasteiger partial charge < -0.3 is 35.6 Å². The fourth-order valence-electron chi connectivity index (χ4n) is 5.75. The average molecular weight is 614 g/mol. The van der Waals surface area contributed by atoms with Gasteiger partial charge in [0.25, 0.3) is 0 Å². The minimum absolute atomic E-state index is 0.0232. The Labute approximate surface area is 254 Å². The van der Waals surface area contributed by atoms with Crippen LogP contribution in [0.5, 0.6) is 5.75 Å². The van der Waals surface area contributed by atoms with E-state index in [-0.39, 0.29) is 24.2 Å². The second kappa shape index (κ2) is 12.9. The Hall–Kier alpha value is -4.10. The standard InChI is InChI=1S/C31H38F3N7O3/c1-30(2)26-19(6-5-7-24(26)38-28(30)42)17-36-27-22(31(32,33)34)18-37-29(40-27)39-23-9-8-21(16-25(23)44-4)41-13-10-20(11-14-41)35-12-15-43-3/h5-9,16,18,20,35H,10-15,17H2,1-4H3,(H,38,42)(H2,36,37,39,40). The van der Waals surface area contributed by atoms with Crippen molar-refractivity contribution in [2.75, 3.05) is 61.3 Å². The number of carbonyl (C=O) groups is 1. The fourth-order valence-corrected chi connectivity index (χ4v) is 5.75. The van der Waals surface area contributed by atoms with E-state index in [1.807, 2.05) is 18.2 Å². The third-order valence-corrected chi connectivity index (χ3v) is 8.16. The number of aromatic nitrogens is 2. The van der Waals surface area contributed by atoms with Gasteiger partial charge in [-0.2, -0.15) is 18.2 Å². The van der Waals surface area contributed by atoms with Crippen molar-refractivity contribution in [1.29, 1.82) is 0 Å². The first-order chi connectivity index (χ1) is 21.0. The SMILES string of the molecule is COCCNC1CCN(c2ccc(Nc3ncc(C(F)(F)F)c(NCc4cccc5c4C(C)(C)C(=O)N5)n3)c(OC)c2)CC1. The van der Waals surface area contributed by atoms with Crippen molar-refractivity contribution in [3.8, 4) is 5.75 Å². The van der Waals surface area contributed by atoms with Crippen LogP contribution < -0.4 is 30.9 Å². The number of fused-ring (bicyclic) bond motifs is 1. The highest BCUT2D eigenvalue weighted by Crippen LogP contribution is 2.41. The molecule has 0 spiro atoms. The molecule has 0 aliphatic carbocycles. The van der Waals surface area contributed by atoms with Gasteiger partial charge >= 0.3 is 6.18 Å². The summed E-state index contributed by atoms with van der Waals surface area (Å²) < 4.78 is 52.6. The Bertz CT molecular complexity index is 1490. The van der Waals surface area contributed by atoms with E-state index in [9.17, 15) is 18.0 Å². The third-order valence-electron chi connectivity index (χ3n) is 8.16. The molecule has 1 amide bonds. The van der Waals surface area contributed by atoms with E-state index in [2.05, 4.69) is 36.1 Å². The van der Waals surface area contributed by atoms with Crippen molar-refractivity contribution in [2.24, 2.45) is 0 Å². The predicted octanol–water partition coefficient (Wildman–Crippen LogP) is 5.29. The molecule has 1 aromatic heterocycles. The number of ether oxygens (including phenoxy) is 2. The number of piperidine rings is 1. The maximum Gasteiger partial charge on any atom is 0.421 e. The van der Waals surface area contributed by atoms with Gasteiger partial charge in [-0.15, -0.1) is 0 Å². The Kier molecular flexibility index (Phi) is 9.16. The molecular formula is C31H38F3N7O3. The van der Waals surface area contributed by atoms with Crippen LogP contribution in [0.2, 0.25) is 0 Å². The molecule has 1 fully saturated rings. The highest BCUT2D eigenvalue weighted by molar-refractivity contribution is 6.06. The van der Waals surface area contributed by atoms with E-state index in [0.29, 0.717) is 35.3 Å². The summed E-state index contributed by atoms with van der Waals surface area (Å²) in [4.78, 5) is 22.9. The average Bonchev–Trinajstić information content (AvgIpc) is 3.24. The maximum absolute atomic E-state index is 13.9. The van der Waals surface area contributed by atoms with Crippen LogP contribution in [0.15, 0.2) is 42.6 Å². The van der Waals surface area contributed by atoms with Gasteiger partial charge in [-0.1, -0.05) is 12.1 Å². The smallest absolute Gasteiger partial charge is 0.421 e. The summed E-state index contributed by atoms with van der Waals surface area (Å²) in [5.41, 5.74) is 1.79. The lowest BCUT2D eigenvalue weighted by molar-refractivity contribution is -0.137. The molecule has 0 radical (unpaired) electrons. The molecule has 10 nitrogen and oxygen atoms in total. The number of benzene rings is 2. The van der Waals surface area contributed by atoms with Gasteiger partial charge in [0.15, 0.2) is 0 Å². The topological polar surface area (TPSA) is 113 Å². The van der Waals surface area contributed by atoms with Crippen LogP contribution >= 0.6 is 0 Å². The second-order valence-corrected chi connectivity index (χ2v) is 11.4. The van der Waals surface area contributed by atoms with Gasteiger partial charge in [-0.25, -0.2) is 4.98 Å². The molecule has 0 unspecified atom stereocenters. The van der Waals surface area contributed by atoms with Crippen LogP contribution in [-0.4, -0.2) is 62.4 Å². The largest absolute Gasteiger partial charge is 0.494 e. The molecule has 0 atom stereocenters. The molecule has 1 saturated heterocycles. The number of hydrogen-bond donors (Lipinski definition) is 4. The maximum atomic E-state index is 13.9. The number of anilines is 5. The van der Waals surface area contributed by atoms with Crippen LogP contribution in [0.1, 0.15) is 43.4 Å². The van der Waals surface area contributed by atoms with Gasteiger partial charge in [0, 0.05) is 63.0 Å². The first-order valence-corrected chi connectivity index (χ1v) is 14.6. The van der Waals surface area contributed by atoms with Crippen molar-refractivity contribution in [3.63, 3.8) is 0 Å². The molecule has 2 aliphatic rings. The molecule has 236 valence electrons. The normalized spacial score (nSPS) is 16.4. The zero-order valence-electron chi connectivity index (χ0n) is 25.3. The molecule has 13 heteroatoms. The summed E-state index contributed by atoms with van der Waals surface area (Å²) in [5, 5.41) is 12.2. The van der Waals surface area contributed by atoms with Gasteiger partial charge in [0.05, 0.1) is 24.8 Å². The van der Waals surface area contributed by atoms with E-state index in [0.717, 1.165) is 49.9 Å². The molecule has 2 aromatic carbocycles. The Morgan fingerprint density at radius 1 is 1.14 bits per heavy atom. The minimum atomic E-state index is -4.68. The summed E-state index contributed by atoms with van der Waals surface area (Å²) >= 11 is 0. The van der Waals surface area contributed by atoms with E-state index < -0.39 is 17.2 Å². The van der Waals surface area contributed by atoms with E-state index in [1.54, 1.807) is 39.2 Å². The first-order valence-electron chi connectivity index (χ1n) is 14.6. The van der Waals surface area contributed by atoms with Gasteiger partial charge in [-0.3, -0.25) is 4.79 Å². The quantitative estimate of drug-likeness (QED) is 0.214. The van der Waals surface area contributed by atoms with E-state index in [1.165, 1.54) is 7.11 Å². The van der Waals surface area contributed by atoms with Gasteiger partial charge in [0.1, 0.15) is 17.1 Å². The molecule has 4 N–H and O–H groups in total. The van der Waals surface area contributed by atoms with Crippen molar-refractivity contribution < 1.29 is 27.4 Å². The number of nitrogens with one attached hydrogen (secondary N) is 4. The number of nitrogens with zero attached hydrogens (tertiary/aromatic N) is 3. The number of alkyl halides is 3. The molecule has 0 bridgehead atoms. The van der Waals surface area contributed by atoms with Gasteiger partial charge in [-0.05, 0) is 56.0 Å². The highest BCUT2D eigenvalue weighted by atomic mass is 19.4. The van der Waals surface area contributed by atoms with E-state index in [4.69, 9.17) is 9.47 Å². The van der Waals surface area contributed by atoms with Crippen LogP contribution in [0.25, 0.3) is 0 Å². The van der Waals surface area contributed by atoms with Crippen molar-refractivity contribution in [1.82, 2.24) is 15.3 Å². The van der Waals surface area contributed by atoms with Crippen LogP contribution in [-0.2, 0) is 27.7 Å². The van der Waals surface area contributed by atoms with Gasteiger partial charge in [0.2, 0.25) is 11.9 Å². The molecule has 3 aromatic rings. The summed E-state index contributed by atoms with van der Waals surface area (Å²) in [5.74, 6) is -0.0471. The number of amides is 1. The fraction of sp³-hybridized carbons (Fsp3) is 0.452. The number of hydrogen-bond acceptors (Lipinski definition) is 9. The number of methoxy groups -OCH3 is 2. The van der Waals surface area contributed by atoms with Crippen LogP contribution in [0.4, 0.5) is 42.0 Å². The Balaban J connectivity index is 1.32. The van der Waals surface area contributed by atoms with Crippen molar-refractivity contribution >= 4 is 34.7 Å².